The van der Waals surface area contributed by atoms with Crippen LogP contribution < -0.4 is 14.8 Å². The highest BCUT2D eigenvalue weighted by atomic mass is 32.2. The van der Waals surface area contributed by atoms with Gasteiger partial charge in [-0.3, -0.25) is 4.79 Å². The molecule has 146 valence electrons. The summed E-state index contributed by atoms with van der Waals surface area (Å²) in [6.45, 7) is 3.92. The molecule has 3 aromatic rings. The maximum Gasteiger partial charge on any atom is 0.277 e. The highest BCUT2D eigenvalue weighted by Crippen LogP contribution is 2.30. The molecule has 0 bridgehead atoms. The van der Waals surface area contributed by atoms with E-state index in [4.69, 9.17) is 13.9 Å². The van der Waals surface area contributed by atoms with Crippen molar-refractivity contribution in [3.8, 4) is 23.0 Å². The quantitative estimate of drug-likeness (QED) is 0.599. The van der Waals surface area contributed by atoms with E-state index in [0.29, 0.717) is 28.2 Å². The predicted molar refractivity (Wildman–Crippen MR) is 108 cm³/mol. The lowest BCUT2D eigenvalue weighted by Gasteiger charge is -2.10. The lowest BCUT2D eigenvalue weighted by atomic mass is 10.1. The Morgan fingerprint density at radius 2 is 1.71 bits per heavy atom. The molecule has 0 radical (unpaired) electrons. The van der Waals surface area contributed by atoms with E-state index in [0.717, 1.165) is 16.8 Å². The van der Waals surface area contributed by atoms with Crippen LogP contribution >= 0.6 is 11.8 Å². The van der Waals surface area contributed by atoms with Gasteiger partial charge < -0.3 is 19.2 Å². The first-order valence-corrected chi connectivity index (χ1v) is 9.54. The summed E-state index contributed by atoms with van der Waals surface area (Å²) >= 11 is 1.18. The Morgan fingerprint density at radius 3 is 2.32 bits per heavy atom. The number of nitrogens with zero attached hydrogens (tertiary/aromatic N) is 2. The minimum atomic E-state index is -0.134. The van der Waals surface area contributed by atoms with Crippen molar-refractivity contribution in [1.82, 2.24) is 10.2 Å². The number of carbonyl (C=O) groups excluding carboxylic acids is 1. The number of rotatable bonds is 7. The van der Waals surface area contributed by atoms with E-state index in [-0.39, 0.29) is 11.7 Å². The molecule has 0 saturated carbocycles. The normalized spacial score (nSPS) is 10.6. The molecule has 0 saturated heterocycles. The molecule has 1 amide bonds. The second kappa shape index (κ2) is 8.79. The number of aryl methyl sites for hydroxylation is 2. The molecule has 0 aliphatic heterocycles. The van der Waals surface area contributed by atoms with Crippen LogP contribution in [0.5, 0.6) is 11.5 Å². The van der Waals surface area contributed by atoms with E-state index < -0.39 is 0 Å². The van der Waals surface area contributed by atoms with E-state index in [1.54, 1.807) is 32.4 Å². The summed E-state index contributed by atoms with van der Waals surface area (Å²) in [5, 5.41) is 11.3. The summed E-state index contributed by atoms with van der Waals surface area (Å²) in [7, 11) is 3.14. The molecule has 1 N–H and O–H groups in total. The van der Waals surface area contributed by atoms with Crippen LogP contribution in [-0.4, -0.2) is 36.1 Å². The molecule has 8 heteroatoms. The first-order valence-electron chi connectivity index (χ1n) is 8.56. The minimum Gasteiger partial charge on any atom is -0.497 e. The number of benzene rings is 2. The maximum absolute atomic E-state index is 12.3. The number of hydrogen-bond acceptors (Lipinski definition) is 7. The molecule has 1 aromatic heterocycles. The third kappa shape index (κ3) is 4.64. The standard InChI is InChI=1S/C20H21N3O4S/c1-12-6-5-7-13(2)18(12)21-17(24)11-28-20-23-22-19(27-20)14-8-15(25-3)10-16(9-14)26-4/h5-10H,11H2,1-4H3,(H,21,24). The van der Waals surface area contributed by atoms with Gasteiger partial charge in [0.2, 0.25) is 11.8 Å². The average molecular weight is 399 g/mol. The Hall–Kier alpha value is -3.00. The van der Waals surface area contributed by atoms with Gasteiger partial charge in [0.1, 0.15) is 11.5 Å². The summed E-state index contributed by atoms with van der Waals surface area (Å²) < 4.78 is 16.2. The number of thioether (sulfide) groups is 1. The topological polar surface area (TPSA) is 86.5 Å². The highest BCUT2D eigenvalue weighted by molar-refractivity contribution is 7.99. The molecule has 2 aromatic carbocycles. The predicted octanol–water partition coefficient (Wildman–Crippen LogP) is 4.10. The number of carbonyl (C=O) groups is 1. The van der Waals surface area contributed by atoms with Gasteiger partial charge >= 0.3 is 0 Å². The number of aromatic nitrogens is 2. The van der Waals surface area contributed by atoms with Crippen molar-refractivity contribution in [2.45, 2.75) is 19.1 Å². The van der Waals surface area contributed by atoms with Crippen molar-refractivity contribution in [2.75, 3.05) is 25.3 Å². The zero-order valence-electron chi connectivity index (χ0n) is 16.1. The number of ether oxygens (including phenoxy) is 2. The summed E-state index contributed by atoms with van der Waals surface area (Å²) in [4.78, 5) is 12.3. The van der Waals surface area contributed by atoms with Crippen molar-refractivity contribution in [3.63, 3.8) is 0 Å². The molecule has 0 fully saturated rings. The van der Waals surface area contributed by atoms with Crippen LogP contribution in [0, 0.1) is 13.8 Å². The molecule has 0 spiro atoms. The monoisotopic (exact) mass is 399 g/mol. The van der Waals surface area contributed by atoms with Crippen LogP contribution in [-0.2, 0) is 4.79 Å². The van der Waals surface area contributed by atoms with Gasteiger partial charge in [0.25, 0.3) is 5.22 Å². The minimum absolute atomic E-state index is 0.134. The van der Waals surface area contributed by atoms with Crippen LogP contribution in [0.15, 0.2) is 46.0 Å². The smallest absolute Gasteiger partial charge is 0.277 e. The Morgan fingerprint density at radius 1 is 1.07 bits per heavy atom. The van der Waals surface area contributed by atoms with Crippen LogP contribution in [0.4, 0.5) is 5.69 Å². The summed E-state index contributed by atoms with van der Waals surface area (Å²) in [6, 6.07) is 11.2. The molecule has 28 heavy (non-hydrogen) atoms. The summed E-state index contributed by atoms with van der Waals surface area (Å²) in [5.41, 5.74) is 3.55. The average Bonchev–Trinajstić information content (AvgIpc) is 3.18. The van der Waals surface area contributed by atoms with Crippen LogP contribution in [0.3, 0.4) is 0 Å². The molecule has 7 nitrogen and oxygen atoms in total. The second-order valence-electron chi connectivity index (χ2n) is 6.08. The van der Waals surface area contributed by atoms with E-state index in [1.165, 1.54) is 11.8 Å². The van der Waals surface area contributed by atoms with Gasteiger partial charge in [0.05, 0.1) is 20.0 Å². The number of nitrogens with one attached hydrogen (secondary N) is 1. The van der Waals surface area contributed by atoms with Crippen LogP contribution in [0.25, 0.3) is 11.5 Å². The molecular weight excluding hydrogens is 378 g/mol. The van der Waals surface area contributed by atoms with Crippen LogP contribution in [0.1, 0.15) is 11.1 Å². The Kier molecular flexibility index (Phi) is 6.20. The Bertz CT molecular complexity index is 945. The van der Waals surface area contributed by atoms with Gasteiger partial charge in [0, 0.05) is 17.3 Å². The molecule has 0 unspecified atom stereocenters. The third-order valence-corrected chi connectivity index (χ3v) is 4.90. The van der Waals surface area contributed by atoms with E-state index >= 15 is 0 Å². The first kappa shape index (κ1) is 19.8. The second-order valence-corrected chi connectivity index (χ2v) is 7.00. The molecule has 3 rings (SSSR count). The Labute approximate surface area is 167 Å². The van der Waals surface area contributed by atoms with Gasteiger partial charge in [-0.1, -0.05) is 30.0 Å². The van der Waals surface area contributed by atoms with E-state index in [9.17, 15) is 4.79 Å². The van der Waals surface area contributed by atoms with Crippen LogP contribution in [0.2, 0.25) is 0 Å². The largest absolute Gasteiger partial charge is 0.497 e. The van der Waals surface area contributed by atoms with Crippen molar-refractivity contribution in [2.24, 2.45) is 0 Å². The van der Waals surface area contributed by atoms with E-state index in [1.807, 2.05) is 32.0 Å². The summed E-state index contributed by atoms with van der Waals surface area (Å²) in [6.07, 6.45) is 0. The van der Waals surface area contributed by atoms with Crippen molar-refractivity contribution in [3.05, 3.63) is 47.5 Å². The highest BCUT2D eigenvalue weighted by Gasteiger charge is 2.14. The lowest BCUT2D eigenvalue weighted by Crippen LogP contribution is -2.15. The van der Waals surface area contributed by atoms with Crippen molar-refractivity contribution in [1.29, 1.82) is 0 Å². The number of para-hydroxylation sites is 1. The van der Waals surface area contributed by atoms with Crippen molar-refractivity contribution < 1.29 is 18.7 Å². The maximum atomic E-state index is 12.3. The number of anilines is 1. The van der Waals surface area contributed by atoms with Gasteiger partial charge in [-0.05, 0) is 37.1 Å². The molecule has 0 aliphatic rings. The fraction of sp³-hybridized carbons (Fsp3) is 0.250. The summed E-state index contributed by atoms with van der Waals surface area (Å²) in [5.74, 6) is 1.60. The van der Waals surface area contributed by atoms with Gasteiger partial charge in [0.15, 0.2) is 0 Å². The molecular formula is C20H21N3O4S. The molecule has 1 heterocycles. The fourth-order valence-electron chi connectivity index (χ4n) is 2.63. The Balaban J connectivity index is 1.66. The zero-order chi connectivity index (χ0) is 20.1. The van der Waals surface area contributed by atoms with Gasteiger partial charge in [-0.25, -0.2) is 0 Å². The number of amides is 1. The van der Waals surface area contributed by atoms with Gasteiger partial charge in [-0.15, -0.1) is 10.2 Å². The molecule has 0 aliphatic carbocycles. The lowest BCUT2D eigenvalue weighted by molar-refractivity contribution is -0.113. The SMILES string of the molecule is COc1cc(OC)cc(-c2nnc(SCC(=O)Nc3c(C)cccc3C)o2)c1. The fourth-order valence-corrected chi connectivity index (χ4v) is 3.19. The molecule has 0 atom stereocenters. The van der Waals surface area contributed by atoms with Crippen molar-refractivity contribution >= 4 is 23.4 Å². The third-order valence-electron chi connectivity index (χ3n) is 4.08. The van der Waals surface area contributed by atoms with E-state index in [2.05, 4.69) is 15.5 Å². The van der Waals surface area contributed by atoms with Gasteiger partial charge in [-0.2, -0.15) is 0 Å². The number of hydrogen-bond donors (Lipinski definition) is 1. The zero-order valence-corrected chi connectivity index (χ0v) is 16.9. The first-order chi connectivity index (χ1) is 13.5. The number of methoxy groups -OCH3 is 2.